The Morgan fingerprint density at radius 3 is 2.44 bits per heavy atom. The van der Waals surface area contributed by atoms with Crippen molar-refractivity contribution in [2.45, 2.75) is 31.2 Å². The standard InChI is InChI=1S/C23H19F6N3O2/c24-22(25,26)16-8-5-14(6-9-16)3-2-12-33-19-10-7-15(13-17(19)23(27,28)29)20-31-21(34-32-20)18-4-1-11-30-18/h2-3,5-10,13,18,30H,1,4,11-12H2/b3-2+/t18-/m0/s1. The molecule has 0 radical (unpaired) electrons. The summed E-state index contributed by atoms with van der Waals surface area (Å²) in [6.07, 6.45) is -4.51. The van der Waals surface area contributed by atoms with Gasteiger partial charge in [-0.25, -0.2) is 0 Å². The zero-order valence-electron chi connectivity index (χ0n) is 17.6. The van der Waals surface area contributed by atoms with Crippen molar-refractivity contribution in [1.29, 1.82) is 0 Å². The van der Waals surface area contributed by atoms with Crippen molar-refractivity contribution in [1.82, 2.24) is 15.5 Å². The molecule has 4 rings (SSSR count). The fourth-order valence-electron chi connectivity index (χ4n) is 3.51. The van der Waals surface area contributed by atoms with Gasteiger partial charge in [-0.05, 0) is 61.4 Å². The highest BCUT2D eigenvalue weighted by molar-refractivity contribution is 5.59. The maximum Gasteiger partial charge on any atom is 0.419 e. The molecule has 1 aliphatic heterocycles. The normalized spacial score (nSPS) is 16.9. The summed E-state index contributed by atoms with van der Waals surface area (Å²) in [5.41, 5.74) is -1.21. The smallest absolute Gasteiger partial charge is 0.419 e. The summed E-state index contributed by atoms with van der Waals surface area (Å²) >= 11 is 0. The van der Waals surface area contributed by atoms with Gasteiger partial charge in [0.2, 0.25) is 11.7 Å². The summed E-state index contributed by atoms with van der Waals surface area (Å²) in [5, 5.41) is 6.98. The summed E-state index contributed by atoms with van der Waals surface area (Å²) in [6.45, 7) is 0.586. The molecule has 5 nitrogen and oxygen atoms in total. The summed E-state index contributed by atoms with van der Waals surface area (Å²) in [6, 6.07) is 7.73. The SMILES string of the molecule is FC(F)(F)c1ccc(/C=C/COc2ccc(-c3noc([C@@H]4CCCN4)n3)cc2C(F)(F)F)cc1. The van der Waals surface area contributed by atoms with Crippen molar-refractivity contribution < 1.29 is 35.6 Å². The Hall–Kier alpha value is -3.34. The zero-order chi connectivity index (χ0) is 24.3. The third kappa shape index (κ3) is 5.58. The molecule has 0 amide bonds. The maximum atomic E-state index is 13.6. The number of alkyl halides is 6. The predicted molar refractivity (Wildman–Crippen MR) is 111 cm³/mol. The van der Waals surface area contributed by atoms with Gasteiger partial charge in [-0.3, -0.25) is 0 Å². The molecule has 0 saturated carbocycles. The summed E-state index contributed by atoms with van der Waals surface area (Å²) < 4.78 is 89.2. The second-order valence-corrected chi connectivity index (χ2v) is 7.65. The van der Waals surface area contributed by atoms with E-state index in [1.54, 1.807) is 0 Å². The van der Waals surface area contributed by atoms with Crippen LogP contribution in [0.3, 0.4) is 0 Å². The molecule has 1 atom stereocenters. The van der Waals surface area contributed by atoms with Gasteiger partial charge < -0.3 is 14.6 Å². The molecule has 0 spiro atoms. The van der Waals surface area contributed by atoms with E-state index in [1.165, 1.54) is 36.4 Å². The van der Waals surface area contributed by atoms with E-state index in [4.69, 9.17) is 9.26 Å². The Labute approximate surface area is 190 Å². The topological polar surface area (TPSA) is 60.2 Å². The van der Waals surface area contributed by atoms with E-state index in [0.29, 0.717) is 11.5 Å². The molecule has 0 unspecified atom stereocenters. The molecule has 0 bridgehead atoms. The quantitative estimate of drug-likeness (QED) is 0.418. The van der Waals surface area contributed by atoms with Crippen LogP contribution < -0.4 is 10.1 Å². The van der Waals surface area contributed by atoms with Gasteiger partial charge in [0.05, 0.1) is 17.2 Å². The summed E-state index contributed by atoms with van der Waals surface area (Å²) in [5.74, 6) is -0.0211. The number of benzene rings is 2. The maximum absolute atomic E-state index is 13.6. The van der Waals surface area contributed by atoms with Crippen molar-refractivity contribution in [2.24, 2.45) is 0 Å². The van der Waals surface area contributed by atoms with Gasteiger partial charge in [0.25, 0.3) is 0 Å². The Bertz CT molecular complexity index is 1150. The van der Waals surface area contributed by atoms with E-state index in [9.17, 15) is 26.3 Å². The number of aromatic nitrogens is 2. The first-order valence-corrected chi connectivity index (χ1v) is 10.4. The Kier molecular flexibility index (Phi) is 6.65. The highest BCUT2D eigenvalue weighted by Gasteiger charge is 2.35. The van der Waals surface area contributed by atoms with Crippen LogP contribution >= 0.6 is 0 Å². The molecule has 2 heterocycles. The molecule has 3 aromatic rings. The number of nitrogens with one attached hydrogen (secondary N) is 1. The molecule has 11 heteroatoms. The van der Waals surface area contributed by atoms with Gasteiger partial charge >= 0.3 is 12.4 Å². The van der Waals surface area contributed by atoms with Crippen LogP contribution in [0.5, 0.6) is 5.75 Å². The minimum absolute atomic E-state index is 0.0444. The Morgan fingerprint density at radius 1 is 1.03 bits per heavy atom. The van der Waals surface area contributed by atoms with Gasteiger partial charge in [0.15, 0.2) is 0 Å². The van der Waals surface area contributed by atoms with Crippen LogP contribution in [0.2, 0.25) is 0 Å². The monoisotopic (exact) mass is 483 g/mol. The highest BCUT2D eigenvalue weighted by Crippen LogP contribution is 2.38. The second-order valence-electron chi connectivity index (χ2n) is 7.65. The molecular weight excluding hydrogens is 464 g/mol. The van der Waals surface area contributed by atoms with Crippen molar-refractivity contribution in [2.75, 3.05) is 13.2 Å². The van der Waals surface area contributed by atoms with Crippen LogP contribution in [0.1, 0.15) is 41.5 Å². The fraction of sp³-hybridized carbons (Fsp3) is 0.304. The largest absolute Gasteiger partial charge is 0.489 e. The third-order valence-electron chi connectivity index (χ3n) is 5.23. The molecule has 1 N–H and O–H groups in total. The number of halogens is 6. The van der Waals surface area contributed by atoms with Crippen LogP contribution in [0, 0.1) is 0 Å². The Morgan fingerprint density at radius 2 is 1.79 bits per heavy atom. The molecule has 34 heavy (non-hydrogen) atoms. The van der Waals surface area contributed by atoms with Crippen molar-refractivity contribution in [3.8, 4) is 17.1 Å². The lowest BCUT2D eigenvalue weighted by Gasteiger charge is -2.14. The predicted octanol–water partition coefficient (Wildman–Crippen LogP) is 6.29. The second kappa shape index (κ2) is 9.49. The third-order valence-corrected chi connectivity index (χ3v) is 5.23. The molecule has 180 valence electrons. The van der Waals surface area contributed by atoms with Crippen LogP contribution in [0.15, 0.2) is 53.1 Å². The number of nitrogens with zero attached hydrogens (tertiary/aromatic N) is 2. The minimum Gasteiger partial charge on any atom is -0.489 e. The molecule has 1 aromatic heterocycles. The number of hydrogen-bond acceptors (Lipinski definition) is 5. The van der Waals surface area contributed by atoms with E-state index < -0.39 is 29.2 Å². The average molecular weight is 483 g/mol. The van der Waals surface area contributed by atoms with E-state index >= 15 is 0 Å². The molecule has 1 aliphatic rings. The van der Waals surface area contributed by atoms with Crippen LogP contribution in [-0.2, 0) is 12.4 Å². The first kappa shape index (κ1) is 23.8. The summed E-state index contributed by atoms with van der Waals surface area (Å²) in [7, 11) is 0. The van der Waals surface area contributed by atoms with E-state index in [-0.39, 0.29) is 24.0 Å². The Balaban J connectivity index is 1.46. The summed E-state index contributed by atoms with van der Waals surface area (Å²) in [4.78, 5) is 4.22. The zero-order valence-corrected chi connectivity index (χ0v) is 17.6. The van der Waals surface area contributed by atoms with Crippen LogP contribution in [0.25, 0.3) is 17.5 Å². The molecular formula is C23H19F6N3O2. The van der Waals surface area contributed by atoms with Crippen LogP contribution in [-0.4, -0.2) is 23.3 Å². The van der Waals surface area contributed by atoms with Gasteiger partial charge in [0, 0.05) is 5.56 Å². The van der Waals surface area contributed by atoms with E-state index in [1.807, 2.05) is 0 Å². The van der Waals surface area contributed by atoms with Gasteiger partial charge in [0.1, 0.15) is 12.4 Å². The minimum atomic E-state index is -4.69. The van der Waals surface area contributed by atoms with E-state index in [0.717, 1.165) is 37.6 Å². The van der Waals surface area contributed by atoms with Crippen LogP contribution in [0.4, 0.5) is 26.3 Å². The fourth-order valence-corrected chi connectivity index (χ4v) is 3.51. The molecule has 1 saturated heterocycles. The number of rotatable bonds is 6. The lowest BCUT2D eigenvalue weighted by Crippen LogP contribution is -2.13. The van der Waals surface area contributed by atoms with Crippen molar-refractivity contribution in [3.63, 3.8) is 0 Å². The van der Waals surface area contributed by atoms with Gasteiger partial charge in [-0.1, -0.05) is 23.4 Å². The van der Waals surface area contributed by atoms with Gasteiger partial charge in [-0.2, -0.15) is 31.3 Å². The number of hydrogen-bond donors (Lipinski definition) is 1. The highest BCUT2D eigenvalue weighted by atomic mass is 19.4. The molecule has 2 aromatic carbocycles. The number of ether oxygens (including phenoxy) is 1. The van der Waals surface area contributed by atoms with E-state index in [2.05, 4.69) is 15.5 Å². The first-order chi connectivity index (χ1) is 16.1. The van der Waals surface area contributed by atoms with Crippen molar-refractivity contribution >= 4 is 6.08 Å². The molecule has 0 aliphatic carbocycles. The lowest BCUT2D eigenvalue weighted by molar-refractivity contribution is -0.139. The first-order valence-electron chi connectivity index (χ1n) is 10.4. The average Bonchev–Trinajstić information content (AvgIpc) is 3.48. The lowest BCUT2D eigenvalue weighted by atomic mass is 10.1. The van der Waals surface area contributed by atoms with Crippen molar-refractivity contribution in [3.05, 3.63) is 71.1 Å². The van der Waals surface area contributed by atoms with Gasteiger partial charge in [-0.15, -0.1) is 0 Å². The molecule has 1 fully saturated rings.